The van der Waals surface area contributed by atoms with Crippen LogP contribution in [0.25, 0.3) is 0 Å². The SMILES string of the molecule is CCCCCCCCCCCCCCCCC/C=C/C(O)C(CO)NC(=O)CCCCCCCCC/C=C\CCCCCCCCCCCCOC(=O)CCCCCCCCCCCCC. The third-order valence-corrected chi connectivity index (χ3v) is 13.7. The number of hydrogen-bond donors (Lipinski definition) is 3. The summed E-state index contributed by atoms with van der Waals surface area (Å²) >= 11 is 0. The smallest absolute Gasteiger partial charge is 0.305 e. The number of ether oxygens (including phenoxy) is 1. The molecule has 0 rings (SSSR count). The van der Waals surface area contributed by atoms with Gasteiger partial charge in [-0.15, -0.1) is 0 Å². The van der Waals surface area contributed by atoms with Crippen molar-refractivity contribution < 1.29 is 24.5 Å². The van der Waals surface area contributed by atoms with Gasteiger partial charge in [0.25, 0.3) is 0 Å². The van der Waals surface area contributed by atoms with Crippen molar-refractivity contribution in [3.8, 4) is 0 Å². The molecule has 0 aromatic rings. The van der Waals surface area contributed by atoms with Crippen LogP contribution in [-0.4, -0.2) is 47.4 Å². The molecule has 0 radical (unpaired) electrons. The number of aliphatic hydroxyl groups excluding tert-OH is 2. The Morgan fingerprint density at radius 2 is 0.712 bits per heavy atom. The van der Waals surface area contributed by atoms with E-state index in [2.05, 4.69) is 31.3 Å². The average Bonchev–Trinajstić information content (AvgIpc) is 3.32. The Kier molecular flexibility index (Phi) is 54.5. The van der Waals surface area contributed by atoms with Crippen molar-refractivity contribution in [1.82, 2.24) is 5.32 Å². The van der Waals surface area contributed by atoms with Crippen molar-refractivity contribution in [1.29, 1.82) is 0 Å². The van der Waals surface area contributed by atoms with Crippen molar-refractivity contribution >= 4 is 11.9 Å². The van der Waals surface area contributed by atoms with Crippen molar-refractivity contribution in [3.05, 3.63) is 24.3 Å². The lowest BCUT2D eigenvalue weighted by atomic mass is 10.0. The number of allylic oxidation sites excluding steroid dienone is 3. The maximum Gasteiger partial charge on any atom is 0.305 e. The molecule has 1 amide bonds. The zero-order valence-electron chi connectivity index (χ0n) is 44.4. The number of rotatable bonds is 55. The highest BCUT2D eigenvalue weighted by Crippen LogP contribution is 2.17. The Hall–Kier alpha value is -1.66. The first-order valence-corrected chi connectivity index (χ1v) is 29.6. The molecule has 2 unspecified atom stereocenters. The van der Waals surface area contributed by atoms with Crippen LogP contribution in [0.3, 0.4) is 0 Å². The first kappa shape index (κ1) is 64.3. The number of esters is 1. The lowest BCUT2D eigenvalue weighted by Gasteiger charge is -2.20. The van der Waals surface area contributed by atoms with Crippen LogP contribution in [0.4, 0.5) is 0 Å². The molecule has 0 bridgehead atoms. The highest BCUT2D eigenvalue weighted by Gasteiger charge is 2.18. The van der Waals surface area contributed by atoms with Crippen LogP contribution in [0.15, 0.2) is 24.3 Å². The van der Waals surface area contributed by atoms with E-state index in [1.807, 2.05) is 6.08 Å². The topological polar surface area (TPSA) is 95.9 Å². The number of aliphatic hydroxyl groups is 2. The molecule has 0 aromatic heterocycles. The van der Waals surface area contributed by atoms with E-state index in [9.17, 15) is 19.8 Å². The molecule has 66 heavy (non-hydrogen) atoms. The van der Waals surface area contributed by atoms with Gasteiger partial charge in [-0.3, -0.25) is 9.59 Å². The molecule has 0 aromatic carbocycles. The summed E-state index contributed by atoms with van der Waals surface area (Å²) in [5.74, 6) is -0.0664. The maximum absolute atomic E-state index is 12.5. The van der Waals surface area contributed by atoms with Gasteiger partial charge < -0.3 is 20.3 Å². The third-order valence-electron chi connectivity index (χ3n) is 13.7. The second-order valence-corrected chi connectivity index (χ2v) is 20.3. The Balaban J connectivity index is 3.46. The zero-order valence-corrected chi connectivity index (χ0v) is 44.4. The lowest BCUT2D eigenvalue weighted by Crippen LogP contribution is -2.45. The predicted octanol–water partition coefficient (Wildman–Crippen LogP) is 18.2. The first-order chi connectivity index (χ1) is 32.5. The van der Waals surface area contributed by atoms with Gasteiger partial charge in [0, 0.05) is 12.8 Å². The Morgan fingerprint density at radius 1 is 0.409 bits per heavy atom. The summed E-state index contributed by atoms with van der Waals surface area (Å²) < 4.78 is 5.46. The fraction of sp³-hybridized carbons (Fsp3) is 0.900. The van der Waals surface area contributed by atoms with Gasteiger partial charge in [-0.1, -0.05) is 276 Å². The van der Waals surface area contributed by atoms with Crippen molar-refractivity contribution in [2.45, 2.75) is 334 Å². The van der Waals surface area contributed by atoms with Crippen LogP contribution in [0.5, 0.6) is 0 Å². The van der Waals surface area contributed by atoms with Crippen LogP contribution < -0.4 is 5.32 Å². The van der Waals surface area contributed by atoms with Gasteiger partial charge in [-0.05, 0) is 57.8 Å². The lowest BCUT2D eigenvalue weighted by molar-refractivity contribution is -0.143. The summed E-state index contributed by atoms with van der Waals surface area (Å²) in [4.78, 5) is 24.5. The molecule has 0 saturated heterocycles. The van der Waals surface area contributed by atoms with Gasteiger partial charge in [0.1, 0.15) is 0 Å². The highest BCUT2D eigenvalue weighted by atomic mass is 16.5. The molecule has 0 saturated carbocycles. The minimum absolute atomic E-state index is 0.00741. The molecular formula is C60H115NO5. The second kappa shape index (κ2) is 55.9. The second-order valence-electron chi connectivity index (χ2n) is 20.3. The zero-order chi connectivity index (χ0) is 47.9. The fourth-order valence-electron chi connectivity index (χ4n) is 9.16. The minimum atomic E-state index is -0.849. The molecule has 6 heteroatoms. The monoisotopic (exact) mass is 930 g/mol. The number of carbonyl (C=O) groups excluding carboxylic acids is 2. The summed E-state index contributed by atoms with van der Waals surface area (Å²) in [6.07, 6.45) is 67.7. The number of unbranched alkanes of at least 4 members (excludes halogenated alkanes) is 42. The molecule has 0 fully saturated rings. The highest BCUT2D eigenvalue weighted by molar-refractivity contribution is 5.76. The normalized spacial score (nSPS) is 12.7. The number of amides is 1. The van der Waals surface area contributed by atoms with E-state index in [4.69, 9.17) is 4.74 Å². The van der Waals surface area contributed by atoms with E-state index >= 15 is 0 Å². The molecule has 6 nitrogen and oxygen atoms in total. The Morgan fingerprint density at radius 3 is 1.08 bits per heavy atom. The summed E-state index contributed by atoms with van der Waals surface area (Å²) in [6.45, 7) is 4.91. The molecule has 0 spiro atoms. The van der Waals surface area contributed by atoms with E-state index in [-0.39, 0.29) is 18.5 Å². The average molecular weight is 931 g/mol. The van der Waals surface area contributed by atoms with Gasteiger partial charge in [0.15, 0.2) is 0 Å². The predicted molar refractivity (Wildman–Crippen MR) is 287 cm³/mol. The van der Waals surface area contributed by atoms with Crippen LogP contribution >= 0.6 is 0 Å². The molecule has 2 atom stereocenters. The largest absolute Gasteiger partial charge is 0.466 e. The standard InChI is InChI=1S/C60H115NO5/c1-3-5-7-9-11-13-15-16-17-23-26-29-33-36-40-44-48-52-58(63)57(56-62)61-59(64)53-49-45-41-37-34-30-27-24-21-19-18-20-22-25-28-31-35-39-43-47-51-55-66-60(65)54-50-46-42-38-32-14-12-10-8-6-4-2/h19,21,48,52,57-58,62-63H,3-18,20,22-47,49-51,53-56H2,1-2H3,(H,61,64)/b21-19-,52-48+. The van der Waals surface area contributed by atoms with Crippen LogP contribution in [0.2, 0.25) is 0 Å². The van der Waals surface area contributed by atoms with Crippen LogP contribution in [0, 0.1) is 0 Å². The number of nitrogens with one attached hydrogen (secondary N) is 1. The van der Waals surface area contributed by atoms with Crippen molar-refractivity contribution in [2.75, 3.05) is 13.2 Å². The summed E-state index contributed by atoms with van der Waals surface area (Å²) in [5.41, 5.74) is 0. The van der Waals surface area contributed by atoms with Gasteiger partial charge >= 0.3 is 5.97 Å². The van der Waals surface area contributed by atoms with E-state index in [0.29, 0.717) is 19.4 Å². The molecule has 390 valence electrons. The minimum Gasteiger partial charge on any atom is -0.466 e. The van der Waals surface area contributed by atoms with Crippen molar-refractivity contribution in [3.63, 3.8) is 0 Å². The molecule has 0 heterocycles. The first-order valence-electron chi connectivity index (χ1n) is 29.6. The summed E-state index contributed by atoms with van der Waals surface area (Å²) in [7, 11) is 0. The van der Waals surface area contributed by atoms with Gasteiger partial charge in [-0.25, -0.2) is 0 Å². The third kappa shape index (κ3) is 51.7. The van der Waals surface area contributed by atoms with E-state index in [0.717, 1.165) is 44.9 Å². The Bertz CT molecular complexity index is 1030. The van der Waals surface area contributed by atoms with E-state index in [1.54, 1.807) is 6.08 Å². The summed E-state index contributed by atoms with van der Waals surface area (Å²) in [5, 5.41) is 23.1. The van der Waals surface area contributed by atoms with Crippen molar-refractivity contribution in [2.24, 2.45) is 0 Å². The van der Waals surface area contributed by atoms with Gasteiger partial charge in [0.2, 0.25) is 5.91 Å². The quantitative estimate of drug-likeness (QED) is 0.0321. The number of carbonyl (C=O) groups is 2. The summed E-state index contributed by atoms with van der Waals surface area (Å²) in [6, 6.07) is -0.633. The molecule has 0 aliphatic carbocycles. The fourth-order valence-corrected chi connectivity index (χ4v) is 9.16. The maximum atomic E-state index is 12.5. The van der Waals surface area contributed by atoms with Crippen LogP contribution in [0.1, 0.15) is 322 Å². The van der Waals surface area contributed by atoms with Gasteiger partial charge in [0.05, 0.1) is 25.4 Å². The van der Waals surface area contributed by atoms with E-state index < -0.39 is 12.1 Å². The van der Waals surface area contributed by atoms with E-state index in [1.165, 1.54) is 250 Å². The van der Waals surface area contributed by atoms with Crippen LogP contribution in [-0.2, 0) is 14.3 Å². The van der Waals surface area contributed by atoms with Gasteiger partial charge in [-0.2, -0.15) is 0 Å². The molecule has 3 N–H and O–H groups in total. The Labute approximate surface area is 411 Å². The molecule has 0 aliphatic heterocycles. The molecule has 0 aliphatic rings. The molecular weight excluding hydrogens is 815 g/mol. The number of hydrogen-bond acceptors (Lipinski definition) is 5.